The van der Waals surface area contributed by atoms with E-state index in [1.165, 1.54) is 0 Å². The average molecular weight is 356 g/mol. The van der Waals surface area contributed by atoms with E-state index in [2.05, 4.69) is 20.0 Å². The predicted octanol–water partition coefficient (Wildman–Crippen LogP) is 0.945. The first kappa shape index (κ1) is 17.0. The number of aryl methyl sites for hydroxylation is 2. The molecule has 0 aromatic carbocycles. The van der Waals surface area contributed by atoms with Crippen LogP contribution in [0.15, 0.2) is 24.8 Å². The highest BCUT2D eigenvalue weighted by atomic mass is 16.5. The number of anilines is 1. The molecule has 0 aliphatic carbocycles. The maximum atomic E-state index is 13.1. The smallest absolute Gasteiger partial charge is 0.228 e. The number of aromatic nitrogens is 4. The van der Waals surface area contributed by atoms with Gasteiger partial charge in [-0.15, -0.1) is 0 Å². The first-order valence-corrected chi connectivity index (χ1v) is 9.05. The van der Waals surface area contributed by atoms with Crippen LogP contribution in [0.5, 0.6) is 0 Å². The third-order valence-corrected chi connectivity index (χ3v) is 5.21. The highest BCUT2D eigenvalue weighted by Gasteiger charge is 2.39. The number of nitrogens with zero attached hydrogens (tertiary/aromatic N) is 6. The van der Waals surface area contributed by atoms with E-state index >= 15 is 0 Å². The minimum Gasteiger partial charge on any atom is -0.373 e. The first-order chi connectivity index (χ1) is 12.6. The molecule has 4 rings (SSSR count). The summed E-state index contributed by atoms with van der Waals surface area (Å²) in [5, 5.41) is 4.21. The lowest BCUT2D eigenvalue weighted by molar-refractivity contribution is -0.137. The summed E-state index contributed by atoms with van der Waals surface area (Å²) in [5.41, 5.74) is 1.91. The van der Waals surface area contributed by atoms with Gasteiger partial charge in [0.1, 0.15) is 5.82 Å². The number of hydrogen-bond acceptors (Lipinski definition) is 6. The average Bonchev–Trinajstić information content (AvgIpc) is 3.30. The number of rotatable bonds is 3. The van der Waals surface area contributed by atoms with Crippen molar-refractivity contribution in [3.8, 4) is 0 Å². The summed E-state index contributed by atoms with van der Waals surface area (Å²) in [6.45, 7) is 5.53. The molecule has 8 heteroatoms. The van der Waals surface area contributed by atoms with Crippen molar-refractivity contribution in [2.75, 3.05) is 37.7 Å². The molecule has 4 heterocycles. The van der Waals surface area contributed by atoms with E-state index in [-0.39, 0.29) is 17.9 Å². The van der Waals surface area contributed by atoms with Crippen molar-refractivity contribution in [3.63, 3.8) is 0 Å². The van der Waals surface area contributed by atoms with Crippen LogP contribution >= 0.6 is 0 Å². The molecule has 2 aliphatic heterocycles. The van der Waals surface area contributed by atoms with Crippen molar-refractivity contribution in [1.29, 1.82) is 0 Å². The molecule has 2 atom stereocenters. The number of amides is 1. The van der Waals surface area contributed by atoms with Gasteiger partial charge in [-0.05, 0) is 13.3 Å². The Labute approximate surface area is 152 Å². The Kier molecular flexibility index (Phi) is 4.58. The molecule has 26 heavy (non-hydrogen) atoms. The van der Waals surface area contributed by atoms with E-state index in [9.17, 15) is 4.79 Å². The normalized spacial score (nSPS) is 23.5. The summed E-state index contributed by atoms with van der Waals surface area (Å²) < 4.78 is 7.60. The Morgan fingerprint density at radius 2 is 1.96 bits per heavy atom. The van der Waals surface area contributed by atoms with Gasteiger partial charge in [-0.2, -0.15) is 5.10 Å². The number of piperazine rings is 1. The molecule has 138 valence electrons. The summed E-state index contributed by atoms with van der Waals surface area (Å²) in [7, 11) is 1.88. The van der Waals surface area contributed by atoms with Crippen LogP contribution in [0.25, 0.3) is 0 Å². The summed E-state index contributed by atoms with van der Waals surface area (Å²) in [6, 6.07) is 0. The lowest BCUT2D eigenvalue weighted by Gasteiger charge is -2.37. The molecule has 0 spiro atoms. The van der Waals surface area contributed by atoms with Gasteiger partial charge >= 0.3 is 0 Å². The van der Waals surface area contributed by atoms with Gasteiger partial charge in [-0.1, -0.05) is 0 Å². The van der Waals surface area contributed by atoms with Gasteiger partial charge in [0.2, 0.25) is 5.91 Å². The third kappa shape index (κ3) is 3.16. The number of carbonyl (C=O) groups is 1. The minimum atomic E-state index is -0.184. The fourth-order valence-corrected chi connectivity index (χ4v) is 3.84. The second kappa shape index (κ2) is 7.03. The molecule has 2 aromatic rings. The van der Waals surface area contributed by atoms with Gasteiger partial charge in [0, 0.05) is 64.0 Å². The molecular formula is C18H24N6O2. The van der Waals surface area contributed by atoms with Crippen molar-refractivity contribution in [1.82, 2.24) is 24.6 Å². The van der Waals surface area contributed by atoms with Gasteiger partial charge in [0.25, 0.3) is 0 Å². The lowest BCUT2D eigenvalue weighted by atomic mass is 9.95. The lowest BCUT2D eigenvalue weighted by Crippen LogP contribution is -2.51. The standard InChI is InChI=1S/C18H24N6O2/c1-13-17(20-5-4-19-13)23-6-8-24(9-7-23)18(25)15-3-10-26-16(15)14-11-21-22(2)12-14/h4-5,11-12,15-16H,3,6-10H2,1-2H3/t15-,16+/m0/s1. The molecule has 0 N–H and O–H groups in total. The van der Waals surface area contributed by atoms with Crippen LogP contribution in [0.3, 0.4) is 0 Å². The van der Waals surface area contributed by atoms with E-state index in [4.69, 9.17) is 4.74 Å². The summed E-state index contributed by atoms with van der Waals surface area (Å²) in [4.78, 5) is 26.0. The van der Waals surface area contributed by atoms with Crippen molar-refractivity contribution in [3.05, 3.63) is 36.0 Å². The Balaban J connectivity index is 1.41. The Bertz CT molecular complexity index is 783. The maximum absolute atomic E-state index is 13.1. The second-order valence-corrected chi connectivity index (χ2v) is 6.91. The summed E-state index contributed by atoms with van der Waals surface area (Å²) in [6.07, 6.45) is 7.74. The van der Waals surface area contributed by atoms with E-state index in [0.29, 0.717) is 19.7 Å². The number of ether oxygens (including phenoxy) is 1. The zero-order valence-electron chi connectivity index (χ0n) is 15.2. The zero-order chi connectivity index (χ0) is 18.1. The van der Waals surface area contributed by atoms with Crippen LogP contribution in [0.2, 0.25) is 0 Å². The molecule has 0 bridgehead atoms. The second-order valence-electron chi connectivity index (χ2n) is 6.91. The van der Waals surface area contributed by atoms with E-state index in [1.807, 2.05) is 25.1 Å². The molecule has 2 aliphatic rings. The summed E-state index contributed by atoms with van der Waals surface area (Å²) >= 11 is 0. The fraction of sp³-hybridized carbons (Fsp3) is 0.556. The molecular weight excluding hydrogens is 332 g/mol. The molecule has 2 aromatic heterocycles. The highest BCUT2D eigenvalue weighted by molar-refractivity contribution is 5.80. The SMILES string of the molecule is Cc1nccnc1N1CCN(C(=O)[C@H]2CCO[C@@H]2c2cnn(C)c2)CC1. The van der Waals surface area contributed by atoms with Crippen molar-refractivity contribution >= 4 is 11.7 Å². The minimum absolute atomic E-state index is 0.121. The van der Waals surface area contributed by atoms with Crippen LogP contribution < -0.4 is 4.90 Å². The largest absolute Gasteiger partial charge is 0.373 e. The van der Waals surface area contributed by atoms with Crippen molar-refractivity contribution < 1.29 is 9.53 Å². The van der Waals surface area contributed by atoms with Crippen molar-refractivity contribution in [2.24, 2.45) is 13.0 Å². The maximum Gasteiger partial charge on any atom is 0.228 e. The molecule has 0 radical (unpaired) electrons. The molecule has 8 nitrogen and oxygen atoms in total. The Morgan fingerprint density at radius 1 is 1.19 bits per heavy atom. The quantitative estimate of drug-likeness (QED) is 0.815. The molecule has 2 fully saturated rings. The van der Waals surface area contributed by atoms with Crippen LogP contribution in [0.4, 0.5) is 5.82 Å². The highest BCUT2D eigenvalue weighted by Crippen LogP contribution is 2.35. The van der Waals surface area contributed by atoms with Gasteiger partial charge in [0.05, 0.1) is 23.9 Å². The molecule has 0 saturated carbocycles. The van der Waals surface area contributed by atoms with Crippen LogP contribution in [-0.4, -0.2) is 63.3 Å². The topological polar surface area (TPSA) is 76.4 Å². The summed E-state index contributed by atoms with van der Waals surface area (Å²) in [5.74, 6) is 0.980. The van der Waals surface area contributed by atoms with Crippen LogP contribution in [0, 0.1) is 12.8 Å². The van der Waals surface area contributed by atoms with E-state index in [0.717, 1.165) is 36.6 Å². The molecule has 2 saturated heterocycles. The zero-order valence-corrected chi connectivity index (χ0v) is 15.2. The first-order valence-electron chi connectivity index (χ1n) is 9.05. The van der Waals surface area contributed by atoms with Gasteiger partial charge in [-0.3, -0.25) is 14.5 Å². The van der Waals surface area contributed by atoms with Gasteiger partial charge < -0.3 is 14.5 Å². The van der Waals surface area contributed by atoms with E-state index < -0.39 is 0 Å². The van der Waals surface area contributed by atoms with Gasteiger partial charge in [-0.25, -0.2) is 4.98 Å². The molecule has 0 unspecified atom stereocenters. The number of carbonyl (C=O) groups excluding carboxylic acids is 1. The van der Waals surface area contributed by atoms with E-state index in [1.54, 1.807) is 23.3 Å². The van der Waals surface area contributed by atoms with Crippen LogP contribution in [0.1, 0.15) is 23.8 Å². The predicted molar refractivity (Wildman–Crippen MR) is 95.6 cm³/mol. The fourth-order valence-electron chi connectivity index (χ4n) is 3.84. The third-order valence-electron chi connectivity index (χ3n) is 5.21. The van der Waals surface area contributed by atoms with Gasteiger partial charge in [0.15, 0.2) is 0 Å². The van der Waals surface area contributed by atoms with Crippen molar-refractivity contribution in [2.45, 2.75) is 19.4 Å². The van der Waals surface area contributed by atoms with Crippen LogP contribution in [-0.2, 0) is 16.6 Å². The Morgan fingerprint density at radius 3 is 2.65 bits per heavy atom. The Hall–Kier alpha value is -2.48. The molecule has 1 amide bonds. The number of hydrogen-bond donors (Lipinski definition) is 0. The monoisotopic (exact) mass is 356 g/mol.